The Labute approximate surface area is 88.8 Å². The molecule has 0 amide bonds. The maximum Gasteiger partial charge on any atom is 0.131 e. The molecule has 2 N–H and O–H groups in total. The van der Waals surface area contributed by atoms with E-state index in [-0.39, 0.29) is 0 Å². The summed E-state index contributed by atoms with van der Waals surface area (Å²) in [6.07, 6.45) is 4.09. The number of hydrogen-bond acceptors (Lipinski definition) is 3. The van der Waals surface area contributed by atoms with E-state index in [1.807, 2.05) is 18.1 Å². The van der Waals surface area contributed by atoms with Crippen LogP contribution in [0.2, 0.25) is 5.15 Å². The molecular formula is C10H14ClN3. The van der Waals surface area contributed by atoms with Gasteiger partial charge in [0.25, 0.3) is 0 Å². The molecular weight excluding hydrogens is 198 g/mol. The molecule has 1 atom stereocenters. The van der Waals surface area contributed by atoms with Crippen molar-refractivity contribution < 1.29 is 0 Å². The van der Waals surface area contributed by atoms with Crippen molar-refractivity contribution in [3.63, 3.8) is 0 Å². The minimum atomic E-state index is 0.318. The van der Waals surface area contributed by atoms with E-state index in [0.29, 0.717) is 11.2 Å². The van der Waals surface area contributed by atoms with E-state index in [1.54, 1.807) is 0 Å². The third-order valence-electron chi connectivity index (χ3n) is 2.71. The highest BCUT2D eigenvalue weighted by Crippen LogP contribution is 2.29. The average Bonchev–Trinajstić information content (AvgIpc) is 2.57. The van der Waals surface area contributed by atoms with Crippen molar-refractivity contribution in [1.29, 1.82) is 0 Å². The van der Waals surface area contributed by atoms with Gasteiger partial charge in [-0.3, -0.25) is 5.84 Å². The van der Waals surface area contributed by atoms with E-state index >= 15 is 0 Å². The summed E-state index contributed by atoms with van der Waals surface area (Å²) in [4.78, 5) is 4.14. The molecule has 2 rings (SSSR count). The maximum absolute atomic E-state index is 5.87. The van der Waals surface area contributed by atoms with Gasteiger partial charge in [0.15, 0.2) is 0 Å². The number of rotatable bonds is 1. The second kappa shape index (κ2) is 3.85. The molecule has 1 aliphatic heterocycles. The van der Waals surface area contributed by atoms with Crippen molar-refractivity contribution in [3.05, 3.63) is 28.5 Å². The first kappa shape index (κ1) is 9.90. The molecule has 76 valence electrons. The Balaban J connectivity index is 2.28. The van der Waals surface area contributed by atoms with E-state index in [4.69, 9.17) is 17.4 Å². The van der Waals surface area contributed by atoms with Crippen molar-refractivity contribution in [1.82, 2.24) is 9.99 Å². The summed E-state index contributed by atoms with van der Waals surface area (Å²) >= 11 is 5.87. The Bertz CT molecular complexity index is 340. The van der Waals surface area contributed by atoms with Crippen molar-refractivity contribution in [3.8, 4) is 0 Å². The van der Waals surface area contributed by atoms with E-state index in [1.165, 1.54) is 5.56 Å². The normalized spacial score (nSPS) is 22.9. The van der Waals surface area contributed by atoms with Gasteiger partial charge in [0.05, 0.1) is 6.04 Å². The molecule has 1 aromatic rings. The summed E-state index contributed by atoms with van der Waals surface area (Å²) in [6, 6.07) is 2.39. The van der Waals surface area contributed by atoms with Gasteiger partial charge in [-0.05, 0) is 37.0 Å². The molecule has 0 aliphatic carbocycles. The van der Waals surface area contributed by atoms with Crippen LogP contribution in [0.5, 0.6) is 0 Å². The lowest BCUT2D eigenvalue weighted by Crippen LogP contribution is -2.30. The molecule has 0 spiro atoms. The SMILES string of the molecule is Cc1cc(C2CCCN2N)cnc1Cl. The summed E-state index contributed by atoms with van der Waals surface area (Å²) in [5.74, 6) is 5.87. The zero-order chi connectivity index (χ0) is 10.1. The predicted molar refractivity (Wildman–Crippen MR) is 56.9 cm³/mol. The van der Waals surface area contributed by atoms with Gasteiger partial charge in [0.2, 0.25) is 0 Å². The minimum absolute atomic E-state index is 0.318. The molecule has 1 fully saturated rings. The highest BCUT2D eigenvalue weighted by atomic mass is 35.5. The fraction of sp³-hybridized carbons (Fsp3) is 0.500. The van der Waals surface area contributed by atoms with E-state index in [0.717, 1.165) is 24.9 Å². The van der Waals surface area contributed by atoms with E-state index in [9.17, 15) is 0 Å². The lowest BCUT2D eigenvalue weighted by atomic mass is 10.1. The topological polar surface area (TPSA) is 42.1 Å². The summed E-state index contributed by atoms with van der Waals surface area (Å²) in [5.41, 5.74) is 2.19. The minimum Gasteiger partial charge on any atom is -0.268 e. The third kappa shape index (κ3) is 1.75. The Morgan fingerprint density at radius 1 is 1.64 bits per heavy atom. The van der Waals surface area contributed by atoms with Crippen LogP contribution in [0.15, 0.2) is 12.3 Å². The third-order valence-corrected chi connectivity index (χ3v) is 3.11. The zero-order valence-electron chi connectivity index (χ0n) is 8.20. The van der Waals surface area contributed by atoms with Crippen LogP contribution in [0.25, 0.3) is 0 Å². The molecule has 4 heteroatoms. The quantitative estimate of drug-likeness (QED) is 0.571. The molecule has 0 bridgehead atoms. The van der Waals surface area contributed by atoms with Crippen molar-refractivity contribution in [2.75, 3.05) is 6.54 Å². The van der Waals surface area contributed by atoms with Gasteiger partial charge in [-0.25, -0.2) is 9.99 Å². The number of aryl methyl sites for hydroxylation is 1. The molecule has 0 saturated carbocycles. The number of hydrogen-bond donors (Lipinski definition) is 1. The monoisotopic (exact) mass is 211 g/mol. The molecule has 1 unspecified atom stereocenters. The summed E-state index contributed by atoms with van der Waals surface area (Å²) in [6.45, 7) is 2.93. The first-order valence-corrected chi connectivity index (χ1v) is 5.19. The van der Waals surface area contributed by atoms with Gasteiger partial charge < -0.3 is 0 Å². The first-order valence-electron chi connectivity index (χ1n) is 4.82. The van der Waals surface area contributed by atoms with Crippen molar-refractivity contribution in [2.45, 2.75) is 25.8 Å². The largest absolute Gasteiger partial charge is 0.268 e. The molecule has 2 heterocycles. The smallest absolute Gasteiger partial charge is 0.131 e. The number of aromatic nitrogens is 1. The summed E-state index contributed by atoms with van der Waals surface area (Å²) < 4.78 is 0. The molecule has 14 heavy (non-hydrogen) atoms. The highest BCUT2D eigenvalue weighted by Gasteiger charge is 2.23. The summed E-state index contributed by atoms with van der Waals surface area (Å²) in [7, 11) is 0. The lowest BCUT2D eigenvalue weighted by Gasteiger charge is -2.19. The maximum atomic E-state index is 5.87. The molecule has 3 nitrogen and oxygen atoms in total. The van der Waals surface area contributed by atoms with Gasteiger partial charge in [-0.15, -0.1) is 0 Å². The van der Waals surface area contributed by atoms with Gasteiger partial charge >= 0.3 is 0 Å². The van der Waals surface area contributed by atoms with Gasteiger partial charge in [0.1, 0.15) is 5.15 Å². The van der Waals surface area contributed by atoms with Gasteiger partial charge in [-0.2, -0.15) is 0 Å². The zero-order valence-corrected chi connectivity index (χ0v) is 8.96. The second-order valence-corrected chi connectivity index (χ2v) is 4.13. The lowest BCUT2D eigenvalue weighted by molar-refractivity contribution is 0.265. The van der Waals surface area contributed by atoms with Gasteiger partial charge in [0, 0.05) is 12.7 Å². The van der Waals surface area contributed by atoms with Gasteiger partial charge in [-0.1, -0.05) is 11.6 Å². The number of nitrogens with two attached hydrogens (primary N) is 1. The van der Waals surface area contributed by atoms with Crippen molar-refractivity contribution in [2.24, 2.45) is 5.84 Å². The standard InChI is InChI=1S/C10H14ClN3/c1-7-5-8(6-13-10(7)11)9-3-2-4-14(9)12/h5-6,9H,2-4,12H2,1H3. The number of nitrogens with zero attached hydrogens (tertiary/aromatic N) is 2. The van der Waals surface area contributed by atoms with Crippen LogP contribution >= 0.6 is 11.6 Å². The summed E-state index contributed by atoms with van der Waals surface area (Å²) in [5, 5.41) is 2.46. The van der Waals surface area contributed by atoms with Crippen LogP contribution in [0.3, 0.4) is 0 Å². The van der Waals surface area contributed by atoms with Crippen LogP contribution in [-0.4, -0.2) is 16.5 Å². The molecule has 0 radical (unpaired) electrons. The number of hydrazine groups is 1. The Morgan fingerprint density at radius 3 is 3.00 bits per heavy atom. The Morgan fingerprint density at radius 2 is 2.43 bits per heavy atom. The van der Waals surface area contributed by atoms with Crippen LogP contribution < -0.4 is 5.84 Å². The molecule has 1 aliphatic rings. The predicted octanol–water partition coefficient (Wildman–Crippen LogP) is 2.05. The van der Waals surface area contributed by atoms with E-state index in [2.05, 4.69) is 11.1 Å². The van der Waals surface area contributed by atoms with Crippen LogP contribution in [0, 0.1) is 6.92 Å². The second-order valence-electron chi connectivity index (χ2n) is 3.77. The molecule has 0 aromatic carbocycles. The number of halogens is 1. The first-order chi connectivity index (χ1) is 6.68. The van der Waals surface area contributed by atoms with Crippen LogP contribution in [-0.2, 0) is 0 Å². The Kier molecular flexibility index (Phi) is 2.72. The van der Waals surface area contributed by atoms with E-state index < -0.39 is 0 Å². The fourth-order valence-corrected chi connectivity index (χ4v) is 2.01. The van der Waals surface area contributed by atoms with Crippen molar-refractivity contribution >= 4 is 11.6 Å². The molecule has 1 saturated heterocycles. The van der Waals surface area contributed by atoms with Crippen LogP contribution in [0.1, 0.15) is 30.0 Å². The fourth-order valence-electron chi connectivity index (χ4n) is 1.91. The highest BCUT2D eigenvalue weighted by molar-refractivity contribution is 6.30. The Hall–Kier alpha value is -0.640. The van der Waals surface area contributed by atoms with Crippen LogP contribution in [0.4, 0.5) is 0 Å². The molecule has 1 aromatic heterocycles. The average molecular weight is 212 g/mol. The number of pyridine rings is 1.